The van der Waals surface area contributed by atoms with E-state index in [4.69, 9.17) is 0 Å². The van der Waals surface area contributed by atoms with E-state index in [2.05, 4.69) is 117 Å². The number of hydrogen-bond donors (Lipinski definition) is 0. The van der Waals surface area contributed by atoms with Crippen LogP contribution in [0.4, 0.5) is 45.5 Å². The van der Waals surface area contributed by atoms with Crippen molar-refractivity contribution < 1.29 is 0 Å². The number of hydrogen-bond acceptors (Lipinski definition) is 8. The molecule has 296 valence electrons. The summed E-state index contributed by atoms with van der Waals surface area (Å²) in [6, 6.07) is 65.2. The van der Waals surface area contributed by atoms with Crippen molar-refractivity contribution in [3.05, 3.63) is 239 Å². The zero-order valence-electron chi connectivity index (χ0n) is 34.6. The minimum absolute atomic E-state index is 0.740. The zero-order valence-corrected chi connectivity index (χ0v) is 34.6. The first-order valence-corrected chi connectivity index (χ1v) is 20.2. The van der Waals surface area contributed by atoms with Gasteiger partial charge in [-0.15, -0.1) is 0 Å². The maximum atomic E-state index is 4.59. The topological polar surface area (TPSA) is 98.9 Å². The molecule has 0 saturated carbocycles. The molecule has 0 amide bonds. The van der Waals surface area contributed by atoms with E-state index >= 15 is 0 Å². The van der Waals surface area contributed by atoms with Gasteiger partial charge in [-0.05, 0) is 147 Å². The van der Waals surface area contributed by atoms with Gasteiger partial charge < -0.3 is 0 Å². The molecule has 0 saturated heterocycles. The van der Waals surface area contributed by atoms with Crippen molar-refractivity contribution in [3.8, 4) is 0 Å². The summed E-state index contributed by atoms with van der Waals surface area (Å²) in [5.74, 6) is 0. The van der Waals surface area contributed by atoms with Crippen molar-refractivity contribution in [2.75, 3.05) is 0 Å². The van der Waals surface area contributed by atoms with Gasteiger partial charge in [0.25, 0.3) is 0 Å². The smallest absolute Gasteiger partial charge is 0.0857 e. The normalized spacial score (nSPS) is 12.8. The first kappa shape index (κ1) is 40.0. The van der Waals surface area contributed by atoms with Crippen LogP contribution in [-0.4, -0.2) is 0 Å². The predicted octanol–water partition coefficient (Wildman–Crippen LogP) is 17.0. The molecule has 0 heterocycles. The highest BCUT2D eigenvalue weighted by Crippen LogP contribution is 2.47. The summed E-state index contributed by atoms with van der Waals surface area (Å²) in [6.07, 6.45) is 0. The summed E-state index contributed by atoms with van der Waals surface area (Å²) in [4.78, 5) is 0. The molecular formula is C53H44N8. The minimum Gasteiger partial charge on any atom is -0.151 e. The van der Waals surface area contributed by atoms with Gasteiger partial charge in [-0.2, -0.15) is 40.9 Å². The van der Waals surface area contributed by atoms with Gasteiger partial charge in [-0.1, -0.05) is 119 Å². The van der Waals surface area contributed by atoms with E-state index in [1.807, 2.05) is 146 Å². The Balaban J connectivity index is 1.24. The molecule has 0 fully saturated rings. The van der Waals surface area contributed by atoms with Crippen LogP contribution in [0.15, 0.2) is 235 Å². The van der Waals surface area contributed by atoms with E-state index in [0.29, 0.717) is 0 Å². The van der Waals surface area contributed by atoms with E-state index in [0.717, 1.165) is 67.8 Å². The lowest BCUT2D eigenvalue weighted by Gasteiger charge is -2.37. The van der Waals surface area contributed by atoms with Crippen LogP contribution in [0, 0.1) is 27.7 Å². The third-order valence-electron chi connectivity index (χ3n) is 10.5. The van der Waals surface area contributed by atoms with Gasteiger partial charge in [-0.3, -0.25) is 0 Å². The molecule has 0 aliphatic carbocycles. The van der Waals surface area contributed by atoms with Crippen molar-refractivity contribution >= 4 is 45.5 Å². The third-order valence-corrected chi connectivity index (χ3v) is 10.5. The first-order valence-electron chi connectivity index (χ1n) is 20.2. The SMILES string of the molecule is Cc1ccc(N=Nc2ccc(C(c3ccc(N=Nc4ccc(C)cc4)cc3)(c3ccc(N=Nc4ccc(C)cc4)cc3)c3ccc(N=Nc4ccc(C)cc4)cc3)cc2)cc1. The minimum atomic E-state index is -0.807. The molecule has 0 N–H and O–H groups in total. The number of benzene rings is 8. The second-order valence-electron chi connectivity index (χ2n) is 15.1. The fourth-order valence-electron chi connectivity index (χ4n) is 7.02. The van der Waals surface area contributed by atoms with Crippen LogP contribution in [0.3, 0.4) is 0 Å². The third kappa shape index (κ3) is 9.73. The second kappa shape index (κ2) is 18.4. The fourth-order valence-corrected chi connectivity index (χ4v) is 7.02. The number of rotatable bonds is 12. The van der Waals surface area contributed by atoms with Gasteiger partial charge >= 0.3 is 0 Å². The van der Waals surface area contributed by atoms with Crippen molar-refractivity contribution in [2.24, 2.45) is 40.9 Å². The first-order chi connectivity index (χ1) is 29.8. The van der Waals surface area contributed by atoms with Crippen LogP contribution in [0.2, 0.25) is 0 Å². The Hall–Kier alpha value is -7.84. The molecule has 8 nitrogen and oxygen atoms in total. The lowest BCUT2D eigenvalue weighted by molar-refractivity contribution is 0.745. The lowest BCUT2D eigenvalue weighted by atomic mass is 9.65. The zero-order chi connectivity index (χ0) is 42.0. The Morgan fingerprint density at radius 2 is 0.328 bits per heavy atom. The van der Waals surface area contributed by atoms with Crippen LogP contribution < -0.4 is 0 Å². The average molecular weight is 793 g/mol. The van der Waals surface area contributed by atoms with Crippen molar-refractivity contribution in [2.45, 2.75) is 33.1 Å². The van der Waals surface area contributed by atoms with Gasteiger partial charge in [0.2, 0.25) is 0 Å². The molecule has 0 aromatic heterocycles. The highest BCUT2D eigenvalue weighted by molar-refractivity contribution is 5.64. The molecule has 8 rings (SSSR count). The molecule has 8 aromatic carbocycles. The van der Waals surface area contributed by atoms with Crippen LogP contribution >= 0.6 is 0 Å². The standard InChI is InChI=1S/C53H44N8/c1-37-5-21-45(22-6-37)54-58-49-29-13-41(14-30-49)53(42-15-31-50(32-16-42)59-55-46-23-7-38(2)8-24-46,43-17-33-51(34-18-43)60-56-47-25-9-39(3)10-26-47)44-19-35-52(36-20-44)61-57-48-27-11-40(4)12-28-48/h5-36H,1-4H3. The highest BCUT2D eigenvalue weighted by Gasteiger charge is 2.38. The molecule has 0 aliphatic rings. The van der Waals surface area contributed by atoms with Crippen molar-refractivity contribution in [1.82, 2.24) is 0 Å². The molecule has 0 aliphatic heterocycles. The summed E-state index contributed by atoms with van der Waals surface area (Å²) in [5, 5.41) is 36.4. The van der Waals surface area contributed by atoms with Gasteiger partial charge in [-0.25, -0.2) is 0 Å². The number of nitrogens with zero attached hydrogens (tertiary/aromatic N) is 8. The van der Waals surface area contributed by atoms with Crippen LogP contribution in [-0.2, 0) is 5.41 Å². The highest BCUT2D eigenvalue weighted by atomic mass is 15.1. The van der Waals surface area contributed by atoms with E-state index in [1.165, 1.54) is 22.3 Å². The Morgan fingerprint density at radius 1 is 0.197 bits per heavy atom. The quantitative estimate of drug-likeness (QED) is 0.0869. The maximum absolute atomic E-state index is 4.59. The Labute approximate surface area is 356 Å². The molecule has 8 heteroatoms. The van der Waals surface area contributed by atoms with E-state index in [9.17, 15) is 0 Å². The summed E-state index contributed by atoms with van der Waals surface area (Å²) < 4.78 is 0. The van der Waals surface area contributed by atoms with Gasteiger partial charge in [0.05, 0.1) is 50.9 Å². The monoisotopic (exact) mass is 792 g/mol. The molecule has 0 bridgehead atoms. The van der Waals surface area contributed by atoms with Gasteiger partial charge in [0, 0.05) is 0 Å². The Bertz CT molecular complexity index is 2410. The van der Waals surface area contributed by atoms with Crippen LogP contribution in [0.25, 0.3) is 0 Å². The molecule has 8 aromatic rings. The number of azo groups is 4. The molecular weight excluding hydrogens is 749 g/mol. The van der Waals surface area contributed by atoms with Crippen molar-refractivity contribution in [3.63, 3.8) is 0 Å². The Kier molecular flexibility index (Phi) is 12.0. The summed E-state index contributed by atoms with van der Waals surface area (Å²) in [6.45, 7) is 8.23. The van der Waals surface area contributed by atoms with Gasteiger partial charge in [0.15, 0.2) is 0 Å². The van der Waals surface area contributed by atoms with Crippen LogP contribution in [0.5, 0.6) is 0 Å². The lowest BCUT2D eigenvalue weighted by Crippen LogP contribution is -2.30. The molecule has 0 unspecified atom stereocenters. The predicted molar refractivity (Wildman–Crippen MR) is 246 cm³/mol. The van der Waals surface area contributed by atoms with Crippen LogP contribution in [0.1, 0.15) is 44.5 Å². The average Bonchev–Trinajstić information content (AvgIpc) is 3.30. The van der Waals surface area contributed by atoms with E-state index in [-0.39, 0.29) is 0 Å². The molecule has 0 radical (unpaired) electrons. The summed E-state index contributed by atoms with van der Waals surface area (Å²) in [7, 11) is 0. The maximum Gasteiger partial charge on any atom is 0.0857 e. The van der Waals surface area contributed by atoms with E-state index in [1.54, 1.807) is 0 Å². The largest absolute Gasteiger partial charge is 0.151 e. The summed E-state index contributed by atoms with van der Waals surface area (Å²) in [5.41, 5.74) is 14.1. The second-order valence-corrected chi connectivity index (χ2v) is 15.1. The van der Waals surface area contributed by atoms with E-state index < -0.39 is 5.41 Å². The van der Waals surface area contributed by atoms with Gasteiger partial charge in [0.1, 0.15) is 0 Å². The Morgan fingerprint density at radius 3 is 0.475 bits per heavy atom. The molecule has 61 heavy (non-hydrogen) atoms. The van der Waals surface area contributed by atoms with Crippen molar-refractivity contribution in [1.29, 1.82) is 0 Å². The fraction of sp³-hybridized carbons (Fsp3) is 0.0943. The molecule has 0 atom stereocenters. The molecule has 0 spiro atoms. The number of aryl methyl sites for hydroxylation is 4. The summed E-state index contributed by atoms with van der Waals surface area (Å²) >= 11 is 0.